The fourth-order valence-corrected chi connectivity index (χ4v) is 4.68. The first kappa shape index (κ1) is 26.5. The van der Waals surface area contributed by atoms with Gasteiger partial charge in [-0.1, -0.05) is 12.1 Å². The molecule has 0 aliphatic heterocycles. The van der Waals surface area contributed by atoms with Gasteiger partial charge in [-0.05, 0) is 42.3 Å². The molecule has 2 aromatic carbocycles. The van der Waals surface area contributed by atoms with E-state index < -0.39 is 40.8 Å². The average Bonchev–Trinajstić information content (AvgIpc) is 2.87. The van der Waals surface area contributed by atoms with Crippen LogP contribution in [0.3, 0.4) is 0 Å². The Hall–Kier alpha value is -4.59. The Bertz CT molecular complexity index is 1620. The number of carboxylic acids is 1. The molecular formula is C24H22F2N6O5S. The van der Waals surface area contributed by atoms with Crippen LogP contribution < -0.4 is 20.9 Å². The lowest BCUT2D eigenvalue weighted by atomic mass is 10.0. The molecule has 0 amide bonds. The minimum Gasteiger partial charge on any atom is -0.480 e. The summed E-state index contributed by atoms with van der Waals surface area (Å²) >= 11 is 0. The van der Waals surface area contributed by atoms with Gasteiger partial charge in [-0.25, -0.2) is 32.6 Å². The summed E-state index contributed by atoms with van der Waals surface area (Å²) in [5.41, 5.74) is 12.3. The van der Waals surface area contributed by atoms with Gasteiger partial charge in [0.2, 0.25) is 10.0 Å². The van der Waals surface area contributed by atoms with Crippen LogP contribution in [0.1, 0.15) is 6.42 Å². The summed E-state index contributed by atoms with van der Waals surface area (Å²) in [7, 11) is -3.99. The maximum absolute atomic E-state index is 15.5. The summed E-state index contributed by atoms with van der Waals surface area (Å²) in [4.78, 5) is 24.0. The van der Waals surface area contributed by atoms with Crippen LogP contribution in [0.5, 0.6) is 5.75 Å². The number of pyridine rings is 1. The van der Waals surface area contributed by atoms with Gasteiger partial charge in [0, 0.05) is 22.7 Å². The SMILES string of the molecule is Nc1ccc(-c2nc(N)c3cc(-c4cccc(NS(=O)(=O)CCCF)c4F)cc(OCC(=O)O)c3n2)cn1. The fourth-order valence-electron chi connectivity index (χ4n) is 3.59. The van der Waals surface area contributed by atoms with E-state index >= 15 is 4.39 Å². The molecule has 0 fully saturated rings. The first-order valence-corrected chi connectivity index (χ1v) is 12.8. The van der Waals surface area contributed by atoms with Gasteiger partial charge < -0.3 is 21.3 Å². The van der Waals surface area contributed by atoms with E-state index in [1.807, 2.05) is 0 Å². The maximum atomic E-state index is 15.5. The fraction of sp³-hybridized carbons (Fsp3) is 0.167. The summed E-state index contributed by atoms with van der Waals surface area (Å²) in [5, 5.41) is 9.38. The molecule has 38 heavy (non-hydrogen) atoms. The molecule has 4 rings (SSSR count). The zero-order valence-electron chi connectivity index (χ0n) is 19.7. The Morgan fingerprint density at radius 1 is 1.11 bits per heavy atom. The number of alkyl halides is 1. The summed E-state index contributed by atoms with van der Waals surface area (Å²) in [5.74, 6) is -2.26. The van der Waals surface area contributed by atoms with E-state index in [1.54, 1.807) is 12.1 Å². The summed E-state index contributed by atoms with van der Waals surface area (Å²) in [6, 6.07) is 10.0. The minimum absolute atomic E-state index is 0.00709. The molecule has 0 aliphatic rings. The highest BCUT2D eigenvalue weighted by atomic mass is 32.2. The monoisotopic (exact) mass is 544 g/mol. The Morgan fingerprint density at radius 3 is 2.58 bits per heavy atom. The number of fused-ring (bicyclic) bond motifs is 1. The number of rotatable bonds is 10. The van der Waals surface area contributed by atoms with Crippen molar-refractivity contribution in [2.24, 2.45) is 0 Å². The topological polar surface area (TPSA) is 183 Å². The Kier molecular flexibility index (Phi) is 7.52. The van der Waals surface area contributed by atoms with E-state index in [4.69, 9.17) is 21.3 Å². The van der Waals surface area contributed by atoms with Crippen molar-refractivity contribution in [3.05, 3.63) is 54.5 Å². The van der Waals surface area contributed by atoms with E-state index in [0.717, 1.165) is 0 Å². The van der Waals surface area contributed by atoms with Crippen LogP contribution in [0.25, 0.3) is 33.4 Å². The lowest BCUT2D eigenvalue weighted by Gasteiger charge is -2.15. The normalized spacial score (nSPS) is 11.4. The minimum atomic E-state index is -3.99. The van der Waals surface area contributed by atoms with Gasteiger partial charge in [-0.2, -0.15) is 0 Å². The van der Waals surface area contributed by atoms with Crippen LogP contribution in [0, 0.1) is 5.82 Å². The third kappa shape index (κ3) is 5.86. The van der Waals surface area contributed by atoms with E-state index in [2.05, 4.69) is 19.7 Å². The molecule has 198 valence electrons. The van der Waals surface area contributed by atoms with Crippen LogP contribution in [0.4, 0.5) is 26.1 Å². The third-order valence-electron chi connectivity index (χ3n) is 5.31. The van der Waals surface area contributed by atoms with Gasteiger partial charge in [0.25, 0.3) is 0 Å². The predicted octanol–water partition coefficient (Wildman–Crippen LogP) is 3.23. The molecular weight excluding hydrogens is 522 g/mol. The standard InChI is InChI=1S/C24H22F2N6O5S/c25-7-2-8-38(35,36)32-17-4-1-3-15(21(17)26)14-9-16-22(18(10-14)37-12-20(33)34)30-24(31-23(16)28)13-5-6-19(27)29-11-13/h1,3-6,9-11,32H,2,7-8,12H2,(H2,27,29)(H,33,34)(H2,28,30,31). The van der Waals surface area contributed by atoms with E-state index in [9.17, 15) is 17.6 Å². The van der Waals surface area contributed by atoms with Crippen molar-refractivity contribution in [2.45, 2.75) is 6.42 Å². The second-order valence-electron chi connectivity index (χ2n) is 8.09. The van der Waals surface area contributed by atoms with Crippen LogP contribution in [-0.2, 0) is 14.8 Å². The molecule has 2 aromatic heterocycles. The lowest BCUT2D eigenvalue weighted by Crippen LogP contribution is -2.18. The molecule has 11 nitrogen and oxygen atoms in total. The molecule has 6 N–H and O–H groups in total. The molecule has 4 aromatic rings. The van der Waals surface area contributed by atoms with Crippen molar-refractivity contribution in [3.63, 3.8) is 0 Å². The number of benzene rings is 2. The van der Waals surface area contributed by atoms with Gasteiger partial charge in [0.15, 0.2) is 18.2 Å². The number of hydrogen-bond acceptors (Lipinski definition) is 9. The molecule has 0 aliphatic carbocycles. The average molecular weight is 545 g/mol. The number of anilines is 3. The van der Waals surface area contributed by atoms with Crippen molar-refractivity contribution in [2.75, 3.05) is 35.2 Å². The third-order valence-corrected chi connectivity index (χ3v) is 6.67. The first-order valence-electron chi connectivity index (χ1n) is 11.1. The van der Waals surface area contributed by atoms with Crippen LogP contribution in [0.2, 0.25) is 0 Å². The number of nitrogens with two attached hydrogens (primary N) is 2. The number of halogens is 2. The van der Waals surface area contributed by atoms with Gasteiger partial charge in [-0.15, -0.1) is 0 Å². The molecule has 14 heteroatoms. The van der Waals surface area contributed by atoms with Crippen LogP contribution >= 0.6 is 0 Å². The lowest BCUT2D eigenvalue weighted by molar-refractivity contribution is -0.139. The van der Waals surface area contributed by atoms with Crippen molar-refractivity contribution in [3.8, 4) is 28.3 Å². The van der Waals surface area contributed by atoms with Gasteiger partial charge in [-0.3, -0.25) is 9.11 Å². The molecule has 2 heterocycles. The van der Waals surface area contributed by atoms with Crippen molar-refractivity contribution in [1.29, 1.82) is 0 Å². The highest BCUT2D eigenvalue weighted by molar-refractivity contribution is 7.92. The number of sulfonamides is 1. The zero-order valence-corrected chi connectivity index (χ0v) is 20.5. The predicted molar refractivity (Wildman–Crippen MR) is 138 cm³/mol. The second-order valence-corrected chi connectivity index (χ2v) is 9.93. The number of nitrogen functional groups attached to an aromatic ring is 2. The molecule has 0 spiro atoms. The summed E-state index contributed by atoms with van der Waals surface area (Å²) < 4.78 is 59.8. The van der Waals surface area contributed by atoms with Crippen LogP contribution in [-0.4, -0.2) is 53.5 Å². The van der Waals surface area contributed by atoms with Crippen molar-refractivity contribution < 1.29 is 31.8 Å². The highest BCUT2D eigenvalue weighted by Gasteiger charge is 2.20. The smallest absolute Gasteiger partial charge is 0.341 e. The maximum Gasteiger partial charge on any atom is 0.341 e. The molecule has 0 atom stereocenters. The van der Waals surface area contributed by atoms with Crippen LogP contribution in [0.15, 0.2) is 48.7 Å². The zero-order chi connectivity index (χ0) is 27.4. The Labute approximate surface area is 215 Å². The highest BCUT2D eigenvalue weighted by Crippen LogP contribution is 2.37. The largest absolute Gasteiger partial charge is 0.480 e. The number of ether oxygens (including phenoxy) is 1. The van der Waals surface area contributed by atoms with E-state index in [0.29, 0.717) is 5.56 Å². The number of carbonyl (C=O) groups is 1. The number of nitrogens with zero attached hydrogens (tertiary/aromatic N) is 3. The van der Waals surface area contributed by atoms with Gasteiger partial charge in [0.1, 0.15) is 22.9 Å². The van der Waals surface area contributed by atoms with Gasteiger partial charge >= 0.3 is 5.97 Å². The number of hydrogen-bond donors (Lipinski definition) is 4. The number of nitrogens with one attached hydrogen (secondary N) is 1. The van der Waals surface area contributed by atoms with E-state index in [1.165, 1.54) is 36.5 Å². The Morgan fingerprint density at radius 2 is 1.89 bits per heavy atom. The van der Waals surface area contributed by atoms with Gasteiger partial charge in [0.05, 0.1) is 18.1 Å². The molecule has 0 saturated carbocycles. The quantitative estimate of drug-likeness (QED) is 0.231. The molecule has 0 bridgehead atoms. The van der Waals surface area contributed by atoms with Crippen molar-refractivity contribution >= 4 is 44.2 Å². The number of aliphatic carboxylic acids is 1. The summed E-state index contributed by atoms with van der Waals surface area (Å²) in [6.07, 6.45) is 1.21. The molecule has 0 radical (unpaired) electrons. The Balaban J connectivity index is 1.84. The first-order chi connectivity index (χ1) is 18.1. The summed E-state index contributed by atoms with van der Waals surface area (Å²) in [6.45, 7) is -1.56. The molecule has 0 unspecified atom stereocenters. The van der Waals surface area contributed by atoms with Crippen molar-refractivity contribution in [1.82, 2.24) is 15.0 Å². The number of aromatic nitrogens is 3. The second kappa shape index (κ2) is 10.8. The molecule has 0 saturated heterocycles. The van der Waals surface area contributed by atoms with E-state index in [-0.39, 0.29) is 57.3 Å². The number of carboxylic acid groups (broad SMARTS) is 1.